The van der Waals surface area contributed by atoms with E-state index in [1.807, 2.05) is 0 Å². The zero-order chi connectivity index (χ0) is 57.5. The molecule has 6 unspecified atom stereocenters. The molecule has 0 amide bonds. The number of aliphatic hydroxyl groups is 2. The molecule has 1 aliphatic heterocycles. The Hall–Kier alpha value is -3.84. The highest BCUT2D eigenvalue weighted by Crippen LogP contribution is 2.27. The fraction of sp³-hybridized carbons (Fsp3) is 0.761. The fourth-order valence-electron chi connectivity index (χ4n) is 9.39. The fourth-order valence-corrected chi connectivity index (χ4v) is 9.39. The first-order valence-electron chi connectivity index (χ1n) is 31.9. The van der Waals surface area contributed by atoms with Crippen LogP contribution in [-0.2, 0) is 42.9 Å². The van der Waals surface area contributed by atoms with Crippen molar-refractivity contribution in [2.24, 2.45) is 0 Å². The van der Waals surface area contributed by atoms with Crippen LogP contribution in [0.2, 0.25) is 0 Å². The number of carboxylic acids is 1. The number of rotatable bonds is 54. The van der Waals surface area contributed by atoms with Gasteiger partial charge in [-0.15, -0.1) is 0 Å². The predicted octanol–water partition coefficient (Wildman–Crippen LogP) is 16.9. The maximum Gasteiger partial charge on any atom is 0.335 e. The molecular formula is C67H114O12. The molecule has 0 spiro atoms. The van der Waals surface area contributed by atoms with E-state index in [0.717, 1.165) is 122 Å². The Morgan fingerprint density at radius 2 is 0.797 bits per heavy atom. The van der Waals surface area contributed by atoms with E-state index in [4.69, 9.17) is 23.7 Å². The molecule has 0 radical (unpaired) electrons. The Morgan fingerprint density at radius 3 is 1.24 bits per heavy atom. The second kappa shape index (κ2) is 54.7. The molecule has 454 valence electrons. The minimum Gasteiger partial charge on any atom is -0.479 e. The van der Waals surface area contributed by atoms with Gasteiger partial charge in [0.15, 0.2) is 24.6 Å². The molecule has 12 heteroatoms. The van der Waals surface area contributed by atoms with Crippen molar-refractivity contribution < 1.29 is 58.2 Å². The van der Waals surface area contributed by atoms with Crippen molar-refractivity contribution in [3.8, 4) is 0 Å². The highest BCUT2D eigenvalue weighted by Gasteiger charge is 2.50. The number of aliphatic hydroxyl groups excluding tert-OH is 2. The van der Waals surface area contributed by atoms with Gasteiger partial charge in [-0.05, 0) is 89.9 Å². The lowest BCUT2D eigenvalue weighted by Crippen LogP contribution is -2.61. The minimum absolute atomic E-state index is 0.0540. The van der Waals surface area contributed by atoms with Crippen molar-refractivity contribution in [2.45, 2.75) is 314 Å². The Morgan fingerprint density at radius 1 is 0.430 bits per heavy atom. The smallest absolute Gasteiger partial charge is 0.335 e. The Labute approximate surface area is 480 Å². The van der Waals surface area contributed by atoms with E-state index in [1.54, 1.807) is 0 Å². The van der Waals surface area contributed by atoms with E-state index in [0.29, 0.717) is 19.3 Å². The molecule has 1 aliphatic rings. The van der Waals surface area contributed by atoms with Gasteiger partial charge in [0.1, 0.15) is 18.8 Å². The normalized spacial score (nSPS) is 18.3. The number of carbonyl (C=O) groups is 4. The maximum atomic E-state index is 13.1. The number of aliphatic carboxylic acids is 1. The second-order valence-electron chi connectivity index (χ2n) is 21.7. The van der Waals surface area contributed by atoms with Crippen molar-refractivity contribution in [1.82, 2.24) is 0 Å². The van der Waals surface area contributed by atoms with E-state index in [2.05, 4.69) is 93.7 Å². The van der Waals surface area contributed by atoms with Crippen LogP contribution in [0.1, 0.15) is 278 Å². The van der Waals surface area contributed by atoms with Gasteiger partial charge >= 0.3 is 23.9 Å². The molecule has 3 N–H and O–H groups in total. The standard InChI is InChI=1S/C67H114O12/c1-4-7-10-13-16-19-22-24-26-28-30-32-34-36-39-41-44-47-50-53-59(68)75-56-58(77-60(69)54-51-48-45-42-38-21-18-15-12-9-6-3)57-76-67-65(63(72)62(71)64(79-67)66(73)74)78-61(70)55-52-49-46-43-40-37-35-33-31-29-27-25-23-20-17-14-11-8-5-2/h7,10,16-17,19-20,24-27,30,32,58,62-65,67,71-72H,4-6,8-9,11-15,18,21-23,28-29,31,33-57H2,1-3H3,(H,73,74)/b10-7-,19-16-,20-17-,26-24-,27-25-,32-30-. The van der Waals surface area contributed by atoms with Crippen molar-refractivity contribution >= 4 is 23.9 Å². The highest BCUT2D eigenvalue weighted by atomic mass is 16.7. The number of hydrogen-bond donors (Lipinski definition) is 3. The van der Waals surface area contributed by atoms with Crippen molar-refractivity contribution in [2.75, 3.05) is 13.2 Å². The average Bonchev–Trinajstić information content (AvgIpc) is 3.48. The highest BCUT2D eigenvalue weighted by molar-refractivity contribution is 5.74. The zero-order valence-electron chi connectivity index (χ0n) is 50.1. The minimum atomic E-state index is -1.91. The lowest BCUT2D eigenvalue weighted by molar-refractivity contribution is -0.301. The SMILES string of the molecule is CC/C=C\C/C=C\C/C=C\C/C=C\CCCCCCCCC(=O)OCC(COC1OC(C(=O)O)C(O)C(O)C1OC(=O)CCCCCCCCCCC/C=C\C/C=C\CCCCC)OC(=O)CCCCCCCCCCCCC. The van der Waals surface area contributed by atoms with Crippen LogP contribution >= 0.6 is 0 Å². The van der Waals surface area contributed by atoms with Gasteiger partial charge in [-0.1, -0.05) is 241 Å². The van der Waals surface area contributed by atoms with Gasteiger partial charge < -0.3 is 39.0 Å². The quantitative estimate of drug-likeness (QED) is 0.0228. The third-order valence-electron chi connectivity index (χ3n) is 14.3. The molecule has 1 fully saturated rings. The molecule has 0 aromatic rings. The summed E-state index contributed by atoms with van der Waals surface area (Å²) in [7, 11) is 0. The largest absolute Gasteiger partial charge is 0.479 e. The van der Waals surface area contributed by atoms with Crippen LogP contribution in [0.15, 0.2) is 72.9 Å². The Balaban J connectivity index is 2.63. The number of hydrogen-bond acceptors (Lipinski definition) is 11. The summed E-state index contributed by atoms with van der Waals surface area (Å²) in [5.41, 5.74) is 0. The van der Waals surface area contributed by atoms with Gasteiger partial charge in [-0.25, -0.2) is 4.79 Å². The molecule has 1 rings (SSSR count). The van der Waals surface area contributed by atoms with Crippen LogP contribution < -0.4 is 0 Å². The van der Waals surface area contributed by atoms with Gasteiger partial charge in [0.25, 0.3) is 0 Å². The number of unbranched alkanes of at least 4 members (excludes halogenated alkanes) is 28. The van der Waals surface area contributed by atoms with Crippen molar-refractivity contribution in [3.63, 3.8) is 0 Å². The van der Waals surface area contributed by atoms with E-state index in [1.165, 1.54) is 96.3 Å². The lowest BCUT2D eigenvalue weighted by atomic mass is 9.98. The van der Waals surface area contributed by atoms with Crippen molar-refractivity contribution in [3.05, 3.63) is 72.9 Å². The molecule has 1 heterocycles. The molecule has 0 aromatic carbocycles. The number of allylic oxidation sites excluding steroid dienone is 12. The summed E-state index contributed by atoms with van der Waals surface area (Å²) in [5.74, 6) is -3.13. The lowest BCUT2D eigenvalue weighted by Gasteiger charge is -2.40. The zero-order valence-corrected chi connectivity index (χ0v) is 50.1. The van der Waals surface area contributed by atoms with Crippen LogP contribution in [0.3, 0.4) is 0 Å². The number of esters is 3. The topological polar surface area (TPSA) is 175 Å². The molecule has 0 aromatic heterocycles. The van der Waals surface area contributed by atoms with Crippen LogP contribution in [-0.4, -0.2) is 89.2 Å². The summed E-state index contributed by atoms with van der Waals surface area (Å²) in [6.45, 7) is 5.86. The number of carboxylic acid groups (broad SMARTS) is 1. The summed E-state index contributed by atoms with van der Waals surface area (Å²) < 4.78 is 28.5. The number of carbonyl (C=O) groups excluding carboxylic acids is 3. The van der Waals surface area contributed by atoms with Gasteiger partial charge in [-0.2, -0.15) is 0 Å². The molecule has 79 heavy (non-hydrogen) atoms. The summed E-state index contributed by atoms with van der Waals surface area (Å²) in [4.78, 5) is 51.2. The van der Waals surface area contributed by atoms with Gasteiger partial charge in [-0.3, -0.25) is 14.4 Å². The summed E-state index contributed by atoms with van der Waals surface area (Å²) in [6.07, 6.45) is 57.2. The molecule has 0 bridgehead atoms. The van der Waals surface area contributed by atoms with Crippen LogP contribution in [0, 0.1) is 0 Å². The van der Waals surface area contributed by atoms with Gasteiger partial charge in [0.2, 0.25) is 0 Å². The summed E-state index contributed by atoms with van der Waals surface area (Å²) in [5, 5.41) is 31.6. The van der Waals surface area contributed by atoms with E-state index < -0.39 is 67.3 Å². The monoisotopic (exact) mass is 1110 g/mol. The van der Waals surface area contributed by atoms with Crippen LogP contribution in [0.25, 0.3) is 0 Å². The van der Waals surface area contributed by atoms with Crippen molar-refractivity contribution in [1.29, 1.82) is 0 Å². The van der Waals surface area contributed by atoms with Gasteiger partial charge in [0, 0.05) is 19.3 Å². The molecule has 0 aliphatic carbocycles. The second-order valence-corrected chi connectivity index (χ2v) is 21.7. The van der Waals surface area contributed by atoms with Crippen LogP contribution in [0.4, 0.5) is 0 Å². The van der Waals surface area contributed by atoms with E-state index >= 15 is 0 Å². The van der Waals surface area contributed by atoms with Gasteiger partial charge in [0.05, 0.1) is 6.61 Å². The van der Waals surface area contributed by atoms with Crippen LogP contribution in [0.5, 0.6) is 0 Å². The molecule has 6 atom stereocenters. The van der Waals surface area contributed by atoms with E-state index in [-0.39, 0.29) is 25.9 Å². The third-order valence-corrected chi connectivity index (χ3v) is 14.3. The maximum absolute atomic E-state index is 13.1. The summed E-state index contributed by atoms with van der Waals surface area (Å²) in [6, 6.07) is 0. The third kappa shape index (κ3) is 44.5. The first-order chi connectivity index (χ1) is 38.6. The first kappa shape index (κ1) is 73.2. The molecule has 0 saturated carbocycles. The van der Waals surface area contributed by atoms with E-state index in [9.17, 15) is 34.5 Å². The number of ether oxygens (including phenoxy) is 5. The molecular weight excluding hydrogens is 997 g/mol. The first-order valence-corrected chi connectivity index (χ1v) is 31.9. The average molecular weight is 1110 g/mol. The molecule has 12 nitrogen and oxygen atoms in total. The molecule has 1 saturated heterocycles. The predicted molar refractivity (Wildman–Crippen MR) is 322 cm³/mol. The Bertz CT molecular complexity index is 1650. The Kier molecular flexibility index (Phi) is 50.7. The summed E-state index contributed by atoms with van der Waals surface area (Å²) >= 11 is 0.